The maximum Gasteiger partial charge on any atom is 0.573 e. The Bertz CT molecular complexity index is 850. The molecule has 1 aromatic heterocycles. The van der Waals surface area contributed by atoms with Crippen molar-refractivity contribution >= 4 is 17.7 Å². The summed E-state index contributed by atoms with van der Waals surface area (Å²) in [4.78, 5) is 20.0. The van der Waals surface area contributed by atoms with Gasteiger partial charge in [0.1, 0.15) is 11.4 Å². The minimum absolute atomic E-state index is 0.0721. The van der Waals surface area contributed by atoms with Crippen LogP contribution in [-0.2, 0) is 5.75 Å². The molecular weight excluding hydrogens is 401 g/mol. The van der Waals surface area contributed by atoms with E-state index in [1.807, 2.05) is 11.0 Å². The van der Waals surface area contributed by atoms with Gasteiger partial charge in [-0.15, -0.1) is 24.9 Å². The lowest BCUT2D eigenvalue weighted by atomic mass is 9.97. The topological polar surface area (TPSA) is 42.4 Å². The number of ether oxygens (including phenoxy) is 1. The number of rotatable bonds is 5. The van der Waals surface area contributed by atoms with Gasteiger partial charge in [0.2, 0.25) is 0 Å². The Labute approximate surface area is 172 Å². The van der Waals surface area contributed by atoms with E-state index in [1.165, 1.54) is 30.0 Å². The molecule has 0 aliphatic carbocycles. The average molecular weight is 424 g/mol. The van der Waals surface area contributed by atoms with Crippen molar-refractivity contribution in [3.05, 3.63) is 53.9 Å². The summed E-state index contributed by atoms with van der Waals surface area (Å²) in [6.45, 7) is 4.12. The molecule has 1 fully saturated rings. The first kappa shape index (κ1) is 21.5. The van der Waals surface area contributed by atoms with E-state index in [0.717, 1.165) is 19.3 Å². The minimum atomic E-state index is -4.72. The fourth-order valence-electron chi connectivity index (χ4n) is 3.55. The summed E-state index contributed by atoms with van der Waals surface area (Å²) in [5.74, 6) is 0.103. The zero-order valence-corrected chi connectivity index (χ0v) is 17.1. The SMILES string of the molecule is CC1CCCC(C)N1C(=O)c1cccc(CSc2cccc(OC(F)(F)F)c2)n1. The predicted molar refractivity (Wildman–Crippen MR) is 106 cm³/mol. The van der Waals surface area contributed by atoms with E-state index >= 15 is 0 Å². The Kier molecular flexibility index (Phi) is 6.72. The third kappa shape index (κ3) is 5.88. The Hall–Kier alpha value is -2.22. The van der Waals surface area contributed by atoms with Gasteiger partial charge in [-0.05, 0) is 63.4 Å². The van der Waals surface area contributed by atoms with Gasteiger partial charge in [0, 0.05) is 22.7 Å². The molecule has 3 rings (SSSR count). The molecule has 2 unspecified atom stereocenters. The third-order valence-corrected chi connectivity index (χ3v) is 5.91. The van der Waals surface area contributed by atoms with Crippen molar-refractivity contribution in [2.75, 3.05) is 0 Å². The zero-order chi connectivity index (χ0) is 21.0. The molecule has 0 spiro atoms. The van der Waals surface area contributed by atoms with E-state index in [0.29, 0.717) is 22.0 Å². The van der Waals surface area contributed by atoms with E-state index in [9.17, 15) is 18.0 Å². The Balaban J connectivity index is 1.67. The summed E-state index contributed by atoms with van der Waals surface area (Å²) in [6, 6.07) is 11.5. The highest BCUT2D eigenvalue weighted by atomic mass is 32.2. The molecule has 1 amide bonds. The van der Waals surface area contributed by atoms with E-state index < -0.39 is 6.36 Å². The highest BCUT2D eigenvalue weighted by Crippen LogP contribution is 2.29. The lowest BCUT2D eigenvalue weighted by Crippen LogP contribution is -2.47. The lowest BCUT2D eigenvalue weighted by molar-refractivity contribution is -0.274. The van der Waals surface area contributed by atoms with Crippen molar-refractivity contribution in [3.63, 3.8) is 0 Å². The first-order valence-electron chi connectivity index (χ1n) is 9.50. The first-order valence-corrected chi connectivity index (χ1v) is 10.5. The van der Waals surface area contributed by atoms with Crippen LogP contribution in [0.15, 0.2) is 47.4 Å². The fourth-order valence-corrected chi connectivity index (χ4v) is 4.40. The standard InChI is InChI=1S/C21H23F3N2O2S/c1-14-6-3-7-15(2)26(14)20(27)19-11-4-8-16(25-19)13-29-18-10-5-9-17(12-18)28-21(22,23)24/h4-5,8-12,14-15H,3,6-7,13H2,1-2H3. The monoisotopic (exact) mass is 424 g/mol. The number of thioether (sulfide) groups is 1. The molecular formula is C21H23F3N2O2S. The molecule has 1 aromatic carbocycles. The van der Waals surface area contributed by atoms with Crippen molar-refractivity contribution in [3.8, 4) is 5.75 Å². The molecule has 0 bridgehead atoms. The van der Waals surface area contributed by atoms with Crippen LogP contribution in [-0.4, -0.2) is 34.2 Å². The van der Waals surface area contributed by atoms with Gasteiger partial charge in [0.15, 0.2) is 0 Å². The van der Waals surface area contributed by atoms with Gasteiger partial charge in [0.25, 0.3) is 5.91 Å². The van der Waals surface area contributed by atoms with Crippen LogP contribution in [0.5, 0.6) is 5.75 Å². The van der Waals surface area contributed by atoms with Gasteiger partial charge in [-0.2, -0.15) is 0 Å². The Morgan fingerprint density at radius 1 is 1.17 bits per heavy atom. The highest BCUT2D eigenvalue weighted by molar-refractivity contribution is 7.98. The van der Waals surface area contributed by atoms with Crippen molar-refractivity contribution in [2.24, 2.45) is 0 Å². The number of aromatic nitrogens is 1. The van der Waals surface area contributed by atoms with Gasteiger partial charge in [-0.1, -0.05) is 12.1 Å². The second kappa shape index (κ2) is 9.07. The zero-order valence-electron chi connectivity index (χ0n) is 16.3. The number of amides is 1. The number of alkyl halides is 3. The normalized spacial score (nSPS) is 19.8. The predicted octanol–water partition coefficient (Wildman–Crippen LogP) is 5.68. The number of carbonyl (C=O) groups excluding carboxylic acids is 1. The molecule has 1 aliphatic heterocycles. The Morgan fingerprint density at radius 3 is 2.55 bits per heavy atom. The number of carbonyl (C=O) groups is 1. The van der Waals surface area contributed by atoms with Crippen LogP contribution in [0.3, 0.4) is 0 Å². The maximum atomic E-state index is 13.0. The third-order valence-electron chi connectivity index (χ3n) is 4.88. The number of pyridine rings is 1. The molecule has 2 atom stereocenters. The van der Waals surface area contributed by atoms with E-state index in [4.69, 9.17) is 0 Å². The van der Waals surface area contributed by atoms with Gasteiger partial charge in [-0.25, -0.2) is 4.98 Å². The van der Waals surface area contributed by atoms with Crippen LogP contribution >= 0.6 is 11.8 Å². The van der Waals surface area contributed by atoms with Crippen molar-refractivity contribution in [1.29, 1.82) is 0 Å². The number of benzene rings is 1. The van der Waals surface area contributed by atoms with Crippen LogP contribution in [0.25, 0.3) is 0 Å². The van der Waals surface area contributed by atoms with Crippen molar-refractivity contribution < 1.29 is 22.7 Å². The highest BCUT2D eigenvalue weighted by Gasteiger charge is 2.31. The van der Waals surface area contributed by atoms with Crippen LogP contribution in [0.2, 0.25) is 0 Å². The second-order valence-corrected chi connectivity index (χ2v) is 8.22. The second-order valence-electron chi connectivity index (χ2n) is 7.17. The number of nitrogens with zero attached hydrogens (tertiary/aromatic N) is 2. The van der Waals surface area contributed by atoms with Gasteiger partial charge < -0.3 is 9.64 Å². The molecule has 4 nitrogen and oxygen atoms in total. The van der Waals surface area contributed by atoms with Crippen LogP contribution in [0.4, 0.5) is 13.2 Å². The smallest absolute Gasteiger partial charge is 0.406 e. The number of hydrogen-bond donors (Lipinski definition) is 0. The average Bonchev–Trinajstić information content (AvgIpc) is 2.65. The van der Waals surface area contributed by atoms with Crippen molar-refractivity contribution in [1.82, 2.24) is 9.88 Å². The van der Waals surface area contributed by atoms with E-state index in [2.05, 4.69) is 23.6 Å². The van der Waals surface area contributed by atoms with Crippen LogP contribution in [0, 0.1) is 0 Å². The molecule has 156 valence electrons. The first-order chi connectivity index (χ1) is 13.7. The largest absolute Gasteiger partial charge is 0.573 e. The van der Waals surface area contributed by atoms with Crippen molar-refractivity contribution in [2.45, 2.75) is 62.2 Å². The molecule has 0 radical (unpaired) electrons. The molecule has 29 heavy (non-hydrogen) atoms. The van der Waals surface area contributed by atoms with Gasteiger partial charge in [0.05, 0.1) is 5.69 Å². The number of halogens is 3. The van der Waals surface area contributed by atoms with Gasteiger partial charge in [-0.3, -0.25) is 4.79 Å². The lowest BCUT2D eigenvalue weighted by Gasteiger charge is -2.38. The molecule has 8 heteroatoms. The number of hydrogen-bond acceptors (Lipinski definition) is 4. The quantitative estimate of drug-likeness (QED) is 0.580. The molecule has 1 aliphatic rings. The maximum absolute atomic E-state index is 13.0. The summed E-state index contributed by atoms with van der Waals surface area (Å²) in [6.07, 6.45) is -1.63. The molecule has 0 N–H and O–H groups in total. The molecule has 0 saturated carbocycles. The summed E-state index contributed by atoms with van der Waals surface area (Å²) in [5, 5.41) is 0. The molecule has 2 heterocycles. The molecule has 1 saturated heterocycles. The summed E-state index contributed by atoms with van der Waals surface area (Å²) >= 11 is 1.34. The van der Waals surface area contributed by atoms with Crippen LogP contribution in [0.1, 0.15) is 49.3 Å². The summed E-state index contributed by atoms with van der Waals surface area (Å²) in [7, 11) is 0. The molecule has 2 aromatic rings. The number of piperidine rings is 1. The fraction of sp³-hybridized carbons (Fsp3) is 0.429. The number of likely N-dealkylation sites (tertiary alicyclic amines) is 1. The Morgan fingerprint density at radius 2 is 1.86 bits per heavy atom. The van der Waals surface area contributed by atoms with E-state index in [-0.39, 0.29) is 23.7 Å². The minimum Gasteiger partial charge on any atom is -0.406 e. The summed E-state index contributed by atoms with van der Waals surface area (Å²) < 4.78 is 41.1. The van der Waals surface area contributed by atoms with Gasteiger partial charge >= 0.3 is 6.36 Å². The summed E-state index contributed by atoms with van der Waals surface area (Å²) in [5.41, 5.74) is 1.10. The van der Waals surface area contributed by atoms with Crippen LogP contribution < -0.4 is 4.74 Å². The van der Waals surface area contributed by atoms with E-state index in [1.54, 1.807) is 18.2 Å².